The number of carbonyl (C=O) groups is 2. The van der Waals surface area contributed by atoms with E-state index in [2.05, 4.69) is 4.98 Å². The molecule has 1 amide bonds. The fourth-order valence-electron chi connectivity index (χ4n) is 3.69. The van der Waals surface area contributed by atoms with Gasteiger partial charge in [-0.2, -0.15) is 0 Å². The molecule has 1 aliphatic carbocycles. The quantitative estimate of drug-likeness (QED) is 0.754. The minimum absolute atomic E-state index is 0.0618. The van der Waals surface area contributed by atoms with Crippen LogP contribution in [0.3, 0.4) is 0 Å². The van der Waals surface area contributed by atoms with Gasteiger partial charge in [-0.3, -0.25) is 14.2 Å². The van der Waals surface area contributed by atoms with Crippen molar-refractivity contribution < 1.29 is 19.4 Å². The Kier molecular flexibility index (Phi) is 6.46. The van der Waals surface area contributed by atoms with Crippen molar-refractivity contribution in [3.05, 3.63) is 27.1 Å². The highest BCUT2D eigenvalue weighted by Crippen LogP contribution is 2.23. The third-order valence-electron chi connectivity index (χ3n) is 5.34. The molecule has 9 heteroatoms. The van der Waals surface area contributed by atoms with Crippen LogP contribution in [0.25, 0.3) is 10.2 Å². The van der Waals surface area contributed by atoms with Crippen LogP contribution in [0, 0.1) is 0 Å². The minimum atomic E-state index is -1.17. The molecular formula is C19H25N3O5S. The number of amides is 1. The van der Waals surface area contributed by atoms with Gasteiger partial charge >= 0.3 is 5.97 Å². The molecule has 152 valence electrons. The Bertz CT molecular complexity index is 930. The topological polar surface area (TPSA) is 102 Å². The predicted molar refractivity (Wildman–Crippen MR) is 106 cm³/mol. The number of carboxylic acid groups (broad SMARTS) is 1. The first-order chi connectivity index (χ1) is 13.4. The van der Waals surface area contributed by atoms with Crippen molar-refractivity contribution in [2.45, 2.75) is 51.1 Å². The molecule has 0 unspecified atom stereocenters. The number of aromatic nitrogens is 2. The van der Waals surface area contributed by atoms with Gasteiger partial charge in [0, 0.05) is 32.0 Å². The number of ether oxygens (including phenoxy) is 1. The van der Waals surface area contributed by atoms with Gasteiger partial charge in [0.1, 0.15) is 17.2 Å². The summed E-state index contributed by atoms with van der Waals surface area (Å²) < 4.78 is 6.41. The number of thiophene rings is 1. The van der Waals surface area contributed by atoms with Crippen molar-refractivity contribution in [3.63, 3.8) is 0 Å². The minimum Gasteiger partial charge on any atom is -0.478 e. The van der Waals surface area contributed by atoms with Gasteiger partial charge in [0.15, 0.2) is 0 Å². The maximum atomic E-state index is 13.1. The molecule has 1 saturated carbocycles. The molecule has 2 aromatic heterocycles. The summed E-state index contributed by atoms with van der Waals surface area (Å²) >= 11 is 1.12. The number of hydrogen-bond donors (Lipinski definition) is 1. The Balaban J connectivity index is 1.97. The highest BCUT2D eigenvalue weighted by Gasteiger charge is 2.25. The van der Waals surface area contributed by atoms with E-state index in [1.807, 2.05) is 0 Å². The van der Waals surface area contributed by atoms with E-state index < -0.39 is 11.5 Å². The molecule has 8 nitrogen and oxygen atoms in total. The van der Waals surface area contributed by atoms with E-state index in [1.54, 1.807) is 19.1 Å². The average molecular weight is 407 g/mol. The number of rotatable bonds is 7. The summed E-state index contributed by atoms with van der Waals surface area (Å²) in [6.45, 7) is 0.199. The van der Waals surface area contributed by atoms with E-state index in [4.69, 9.17) is 4.74 Å². The standard InChI is InChI=1S/C19H25N3O5S/c1-21(12-6-4-3-5-7-12)15(23)10-22-14(8-9-27-2)20-17-16(18(22)24)13(11-28-17)19(25)26/h11-12H,3-10H2,1-2H3,(H,25,26). The van der Waals surface area contributed by atoms with Gasteiger partial charge in [0.2, 0.25) is 5.91 Å². The van der Waals surface area contributed by atoms with E-state index in [1.165, 1.54) is 16.4 Å². The summed E-state index contributed by atoms with van der Waals surface area (Å²) in [5, 5.41) is 10.9. The van der Waals surface area contributed by atoms with Crippen molar-refractivity contribution in [1.82, 2.24) is 14.5 Å². The van der Waals surface area contributed by atoms with Crippen LogP contribution in [-0.2, 0) is 22.5 Å². The van der Waals surface area contributed by atoms with Gasteiger partial charge < -0.3 is 14.7 Å². The van der Waals surface area contributed by atoms with Crippen LogP contribution in [0.15, 0.2) is 10.2 Å². The molecule has 0 saturated heterocycles. The van der Waals surface area contributed by atoms with E-state index in [0.717, 1.165) is 37.0 Å². The van der Waals surface area contributed by atoms with Crippen LogP contribution in [-0.4, -0.2) is 58.2 Å². The van der Waals surface area contributed by atoms with E-state index in [0.29, 0.717) is 23.7 Å². The van der Waals surface area contributed by atoms with Crippen molar-refractivity contribution >= 4 is 33.4 Å². The zero-order valence-corrected chi connectivity index (χ0v) is 17.0. The largest absolute Gasteiger partial charge is 0.478 e. The molecule has 2 aromatic rings. The lowest BCUT2D eigenvalue weighted by atomic mass is 9.94. The predicted octanol–water partition coefficient (Wildman–Crippen LogP) is 2.14. The van der Waals surface area contributed by atoms with Crippen molar-refractivity contribution in [1.29, 1.82) is 0 Å². The first-order valence-electron chi connectivity index (χ1n) is 9.42. The normalized spacial score (nSPS) is 15.1. The third kappa shape index (κ3) is 4.10. The summed E-state index contributed by atoms with van der Waals surface area (Å²) in [4.78, 5) is 44.0. The molecule has 0 radical (unpaired) electrons. The summed E-state index contributed by atoms with van der Waals surface area (Å²) in [6.07, 6.45) is 5.70. The summed E-state index contributed by atoms with van der Waals surface area (Å²) in [5.41, 5.74) is -0.558. The summed E-state index contributed by atoms with van der Waals surface area (Å²) in [7, 11) is 3.33. The lowest BCUT2D eigenvalue weighted by molar-refractivity contribution is -0.133. The lowest BCUT2D eigenvalue weighted by Gasteiger charge is -2.31. The fourth-order valence-corrected chi connectivity index (χ4v) is 4.61. The Morgan fingerprint density at radius 3 is 2.71 bits per heavy atom. The summed E-state index contributed by atoms with van der Waals surface area (Å²) in [6, 6.07) is 0.187. The van der Waals surface area contributed by atoms with Gasteiger partial charge in [0.25, 0.3) is 5.56 Å². The Morgan fingerprint density at radius 2 is 2.07 bits per heavy atom. The van der Waals surface area contributed by atoms with Crippen LogP contribution in [0.5, 0.6) is 0 Å². The molecule has 0 atom stereocenters. The molecule has 1 N–H and O–H groups in total. The SMILES string of the molecule is COCCc1nc2scc(C(=O)O)c2c(=O)n1CC(=O)N(C)C1CCCCC1. The number of hydrogen-bond acceptors (Lipinski definition) is 6. The van der Waals surface area contributed by atoms with Crippen molar-refractivity contribution in [2.24, 2.45) is 0 Å². The van der Waals surface area contributed by atoms with Crippen LogP contribution in [0.4, 0.5) is 0 Å². The number of carbonyl (C=O) groups excluding carboxylic acids is 1. The van der Waals surface area contributed by atoms with Crippen LogP contribution in [0.2, 0.25) is 0 Å². The van der Waals surface area contributed by atoms with E-state index >= 15 is 0 Å². The molecule has 1 aliphatic rings. The first kappa shape index (κ1) is 20.5. The highest BCUT2D eigenvalue weighted by molar-refractivity contribution is 7.17. The average Bonchev–Trinajstić information content (AvgIpc) is 3.13. The maximum absolute atomic E-state index is 13.1. The Hall–Kier alpha value is -2.26. The first-order valence-corrected chi connectivity index (χ1v) is 10.3. The Morgan fingerprint density at radius 1 is 1.36 bits per heavy atom. The molecule has 3 rings (SSSR count). The molecule has 28 heavy (non-hydrogen) atoms. The molecule has 0 bridgehead atoms. The van der Waals surface area contributed by atoms with Crippen LogP contribution >= 0.6 is 11.3 Å². The van der Waals surface area contributed by atoms with Crippen LogP contribution < -0.4 is 5.56 Å². The molecule has 0 aliphatic heterocycles. The number of nitrogens with zero attached hydrogens (tertiary/aromatic N) is 3. The number of aromatic carboxylic acids is 1. The van der Waals surface area contributed by atoms with Gasteiger partial charge in [0.05, 0.1) is 17.6 Å². The van der Waals surface area contributed by atoms with E-state index in [9.17, 15) is 19.5 Å². The molecule has 1 fully saturated rings. The number of fused-ring (bicyclic) bond motifs is 1. The number of carboxylic acids is 1. The second kappa shape index (κ2) is 8.83. The fraction of sp³-hybridized carbons (Fsp3) is 0.579. The van der Waals surface area contributed by atoms with Crippen molar-refractivity contribution in [3.8, 4) is 0 Å². The van der Waals surface area contributed by atoms with E-state index in [-0.39, 0.29) is 29.4 Å². The molecular weight excluding hydrogens is 382 g/mol. The van der Waals surface area contributed by atoms with Gasteiger partial charge in [-0.1, -0.05) is 19.3 Å². The molecule has 0 spiro atoms. The lowest BCUT2D eigenvalue weighted by Crippen LogP contribution is -2.42. The highest BCUT2D eigenvalue weighted by atomic mass is 32.1. The van der Waals surface area contributed by atoms with Gasteiger partial charge in [-0.25, -0.2) is 9.78 Å². The maximum Gasteiger partial charge on any atom is 0.337 e. The van der Waals surface area contributed by atoms with Crippen molar-refractivity contribution in [2.75, 3.05) is 20.8 Å². The second-order valence-corrected chi connectivity index (χ2v) is 7.95. The smallest absolute Gasteiger partial charge is 0.337 e. The molecule has 2 heterocycles. The molecule has 0 aromatic carbocycles. The number of methoxy groups -OCH3 is 1. The zero-order valence-electron chi connectivity index (χ0n) is 16.1. The number of likely N-dealkylation sites (N-methyl/N-ethyl adjacent to an activating group) is 1. The van der Waals surface area contributed by atoms with Gasteiger partial charge in [-0.05, 0) is 12.8 Å². The van der Waals surface area contributed by atoms with Gasteiger partial charge in [-0.15, -0.1) is 11.3 Å². The summed E-state index contributed by atoms with van der Waals surface area (Å²) in [5.74, 6) is -0.906. The van der Waals surface area contributed by atoms with Crippen LogP contribution in [0.1, 0.15) is 48.3 Å². The third-order valence-corrected chi connectivity index (χ3v) is 6.21. The monoisotopic (exact) mass is 407 g/mol. The second-order valence-electron chi connectivity index (χ2n) is 7.09. The Labute approximate surface area is 166 Å². The zero-order chi connectivity index (χ0) is 20.3.